The minimum atomic E-state index is -0.842. The molecule has 0 aromatic carbocycles. The highest BCUT2D eigenvalue weighted by atomic mass is 16.4. The Balaban J connectivity index is 1.93. The highest BCUT2D eigenvalue weighted by Gasteiger charge is 2.35. The minimum absolute atomic E-state index is 0.0659. The van der Waals surface area contributed by atoms with Crippen LogP contribution in [-0.4, -0.2) is 34.5 Å². The molecule has 1 heterocycles. The zero-order chi connectivity index (χ0) is 14.5. The first-order chi connectivity index (χ1) is 9.58. The molecule has 20 heavy (non-hydrogen) atoms. The predicted molar refractivity (Wildman–Crippen MR) is 77.3 cm³/mol. The van der Waals surface area contributed by atoms with Crippen LogP contribution >= 0.6 is 0 Å². The smallest absolute Gasteiger partial charge is 0.326 e. The maximum Gasteiger partial charge on any atom is 0.326 e. The van der Waals surface area contributed by atoms with Crippen molar-refractivity contribution in [1.29, 1.82) is 0 Å². The Bertz CT molecular complexity index is 348. The van der Waals surface area contributed by atoms with Crippen LogP contribution in [0.2, 0.25) is 0 Å². The fourth-order valence-electron chi connectivity index (χ4n) is 3.61. The number of hydrogen-bond donors (Lipinski definition) is 1. The van der Waals surface area contributed by atoms with Gasteiger partial charge in [0.1, 0.15) is 6.04 Å². The summed E-state index contributed by atoms with van der Waals surface area (Å²) in [4.78, 5) is 25.5. The quantitative estimate of drug-likeness (QED) is 0.809. The molecule has 2 aliphatic rings. The molecule has 4 heteroatoms. The normalized spacial score (nSPS) is 28.9. The second kappa shape index (κ2) is 7.09. The molecule has 114 valence electrons. The Hall–Kier alpha value is -1.06. The molecule has 0 aromatic rings. The lowest BCUT2D eigenvalue weighted by molar-refractivity contribution is -0.153. The maximum atomic E-state index is 12.5. The summed E-state index contributed by atoms with van der Waals surface area (Å²) >= 11 is 0. The molecular formula is C16H27NO3. The number of piperidine rings is 1. The molecule has 1 amide bonds. The lowest BCUT2D eigenvalue weighted by Crippen LogP contribution is -2.50. The zero-order valence-electron chi connectivity index (χ0n) is 12.5. The van der Waals surface area contributed by atoms with Crippen molar-refractivity contribution in [3.05, 3.63) is 0 Å². The molecule has 2 unspecified atom stereocenters. The van der Waals surface area contributed by atoms with Crippen LogP contribution in [0.1, 0.15) is 64.7 Å². The summed E-state index contributed by atoms with van der Waals surface area (Å²) in [5.41, 5.74) is 0. The Morgan fingerprint density at radius 1 is 1.10 bits per heavy atom. The van der Waals surface area contributed by atoms with Gasteiger partial charge in [0.25, 0.3) is 0 Å². The van der Waals surface area contributed by atoms with Crippen LogP contribution in [0.5, 0.6) is 0 Å². The summed E-state index contributed by atoms with van der Waals surface area (Å²) in [6.07, 6.45) is 9.35. The first kappa shape index (κ1) is 15.3. The molecule has 0 bridgehead atoms. The molecule has 1 saturated carbocycles. The number of nitrogens with zero attached hydrogens (tertiary/aromatic N) is 1. The average Bonchev–Trinajstić information content (AvgIpc) is 2.67. The first-order valence-corrected chi connectivity index (χ1v) is 8.10. The van der Waals surface area contributed by atoms with E-state index >= 15 is 0 Å². The highest BCUT2D eigenvalue weighted by Crippen LogP contribution is 2.28. The molecule has 1 saturated heterocycles. The van der Waals surface area contributed by atoms with Gasteiger partial charge in [-0.1, -0.05) is 32.6 Å². The molecule has 2 atom stereocenters. The largest absolute Gasteiger partial charge is 0.480 e. The van der Waals surface area contributed by atoms with Crippen LogP contribution in [0, 0.1) is 11.8 Å². The van der Waals surface area contributed by atoms with E-state index in [4.69, 9.17) is 0 Å². The lowest BCUT2D eigenvalue weighted by Gasteiger charge is -2.36. The van der Waals surface area contributed by atoms with Crippen molar-refractivity contribution in [3.8, 4) is 0 Å². The summed E-state index contributed by atoms with van der Waals surface area (Å²) in [5, 5.41) is 9.33. The summed E-state index contributed by atoms with van der Waals surface area (Å²) in [6.45, 7) is 2.69. The van der Waals surface area contributed by atoms with Gasteiger partial charge in [0.2, 0.25) is 5.91 Å². The van der Waals surface area contributed by atoms with Gasteiger partial charge in [0.15, 0.2) is 0 Å². The maximum absolute atomic E-state index is 12.5. The van der Waals surface area contributed by atoms with Gasteiger partial charge in [0.05, 0.1) is 0 Å². The number of rotatable bonds is 3. The molecule has 4 nitrogen and oxygen atoms in total. The van der Waals surface area contributed by atoms with E-state index in [1.165, 1.54) is 25.7 Å². The number of likely N-dealkylation sites (tertiary alicyclic amines) is 1. The van der Waals surface area contributed by atoms with Gasteiger partial charge in [-0.3, -0.25) is 4.79 Å². The van der Waals surface area contributed by atoms with Crippen LogP contribution in [0.25, 0.3) is 0 Å². The molecule has 1 aliphatic carbocycles. The molecular weight excluding hydrogens is 254 g/mol. The Kier molecular flexibility index (Phi) is 5.44. The van der Waals surface area contributed by atoms with Crippen LogP contribution in [-0.2, 0) is 9.59 Å². The number of amides is 1. The van der Waals surface area contributed by atoms with E-state index in [1.54, 1.807) is 4.90 Å². The van der Waals surface area contributed by atoms with E-state index in [-0.39, 0.29) is 5.91 Å². The topological polar surface area (TPSA) is 57.6 Å². The van der Waals surface area contributed by atoms with Gasteiger partial charge >= 0.3 is 5.97 Å². The van der Waals surface area contributed by atoms with Gasteiger partial charge in [-0.25, -0.2) is 4.79 Å². The van der Waals surface area contributed by atoms with E-state index in [2.05, 4.69) is 6.92 Å². The second-order valence-corrected chi connectivity index (χ2v) is 6.63. The zero-order valence-corrected chi connectivity index (χ0v) is 12.5. The number of carboxylic acids is 1. The monoisotopic (exact) mass is 281 g/mol. The third-order valence-electron chi connectivity index (χ3n) is 4.91. The standard InChI is InChI=1S/C16H27NO3/c1-12-8-9-17(14(10-12)16(19)20)15(18)11-13-6-4-2-3-5-7-13/h12-14H,2-11H2,1H3,(H,19,20). The third-order valence-corrected chi connectivity index (χ3v) is 4.91. The molecule has 1 N–H and O–H groups in total. The summed E-state index contributed by atoms with van der Waals surface area (Å²) < 4.78 is 0. The third kappa shape index (κ3) is 3.97. The number of carbonyl (C=O) groups excluding carboxylic acids is 1. The van der Waals surface area contributed by atoms with Crippen LogP contribution < -0.4 is 0 Å². The van der Waals surface area contributed by atoms with E-state index in [1.807, 2.05) is 0 Å². The molecule has 2 rings (SSSR count). The number of carbonyl (C=O) groups is 2. The highest BCUT2D eigenvalue weighted by molar-refractivity contribution is 5.84. The van der Waals surface area contributed by atoms with Crippen LogP contribution in [0.4, 0.5) is 0 Å². The lowest BCUT2D eigenvalue weighted by atomic mass is 9.90. The second-order valence-electron chi connectivity index (χ2n) is 6.63. The van der Waals surface area contributed by atoms with Crippen LogP contribution in [0.3, 0.4) is 0 Å². The molecule has 2 fully saturated rings. The van der Waals surface area contributed by atoms with E-state index in [9.17, 15) is 14.7 Å². The van der Waals surface area contributed by atoms with Gasteiger partial charge in [-0.2, -0.15) is 0 Å². The molecule has 0 radical (unpaired) electrons. The van der Waals surface area contributed by atoms with Crippen molar-refractivity contribution in [2.24, 2.45) is 11.8 Å². The number of carboxylic acid groups (broad SMARTS) is 1. The van der Waals surface area contributed by atoms with Gasteiger partial charge in [0, 0.05) is 13.0 Å². The van der Waals surface area contributed by atoms with Gasteiger partial charge in [-0.05, 0) is 37.5 Å². The van der Waals surface area contributed by atoms with Gasteiger partial charge in [-0.15, -0.1) is 0 Å². The van der Waals surface area contributed by atoms with E-state index in [0.29, 0.717) is 31.2 Å². The summed E-state index contributed by atoms with van der Waals surface area (Å²) in [6, 6.07) is -0.600. The van der Waals surface area contributed by atoms with Crippen molar-refractivity contribution in [3.63, 3.8) is 0 Å². The number of hydrogen-bond acceptors (Lipinski definition) is 2. The Morgan fingerprint density at radius 2 is 1.75 bits per heavy atom. The van der Waals surface area contributed by atoms with Crippen molar-refractivity contribution < 1.29 is 14.7 Å². The van der Waals surface area contributed by atoms with Crippen LogP contribution in [0.15, 0.2) is 0 Å². The number of aliphatic carboxylic acids is 1. The molecule has 0 spiro atoms. The van der Waals surface area contributed by atoms with Gasteiger partial charge < -0.3 is 10.0 Å². The van der Waals surface area contributed by atoms with Crippen molar-refractivity contribution in [2.45, 2.75) is 70.8 Å². The summed E-state index contributed by atoms with van der Waals surface area (Å²) in [5.74, 6) is 0.0961. The van der Waals surface area contributed by atoms with E-state index < -0.39 is 12.0 Å². The Morgan fingerprint density at radius 3 is 2.35 bits per heavy atom. The fourth-order valence-corrected chi connectivity index (χ4v) is 3.61. The SMILES string of the molecule is CC1CCN(C(=O)CC2CCCCCC2)C(C(=O)O)C1. The molecule has 1 aliphatic heterocycles. The van der Waals surface area contributed by atoms with Crippen molar-refractivity contribution in [2.75, 3.05) is 6.54 Å². The molecule has 0 aromatic heterocycles. The Labute approximate surface area is 121 Å². The summed E-state index contributed by atoms with van der Waals surface area (Å²) in [7, 11) is 0. The first-order valence-electron chi connectivity index (χ1n) is 8.10. The van der Waals surface area contributed by atoms with Crippen molar-refractivity contribution >= 4 is 11.9 Å². The van der Waals surface area contributed by atoms with E-state index in [0.717, 1.165) is 19.3 Å². The minimum Gasteiger partial charge on any atom is -0.480 e. The predicted octanol–water partition coefficient (Wildman–Crippen LogP) is 3.06. The van der Waals surface area contributed by atoms with Crippen molar-refractivity contribution in [1.82, 2.24) is 4.90 Å². The average molecular weight is 281 g/mol. The fraction of sp³-hybridized carbons (Fsp3) is 0.875.